The Bertz CT molecular complexity index is 617. The number of nitrogens with two attached hydrogens (primary N) is 1. The van der Waals surface area contributed by atoms with E-state index in [0.29, 0.717) is 0 Å². The van der Waals surface area contributed by atoms with Crippen molar-refractivity contribution in [2.24, 2.45) is 5.73 Å². The first-order valence-electron chi connectivity index (χ1n) is 7.32. The molecule has 0 bridgehead atoms. The van der Waals surface area contributed by atoms with Gasteiger partial charge in [-0.1, -0.05) is 30.3 Å². The number of anilines is 1. The number of nitrogens with zero attached hydrogens (tertiary/aromatic N) is 1. The zero-order valence-corrected chi connectivity index (χ0v) is 12.3. The van der Waals surface area contributed by atoms with Gasteiger partial charge < -0.3 is 10.6 Å². The molecule has 2 aromatic carbocycles. The maximum atomic E-state index is 6.28. The van der Waals surface area contributed by atoms with E-state index in [1.807, 2.05) is 0 Å². The predicted molar refractivity (Wildman–Crippen MR) is 86.1 cm³/mol. The molecule has 3 rings (SSSR count). The lowest BCUT2D eigenvalue weighted by molar-refractivity contribution is 0.571. The van der Waals surface area contributed by atoms with E-state index in [1.54, 1.807) is 0 Å². The molecule has 0 radical (unpaired) electrons. The molecule has 2 nitrogen and oxygen atoms in total. The van der Waals surface area contributed by atoms with Crippen molar-refractivity contribution in [2.75, 3.05) is 19.0 Å². The highest BCUT2D eigenvalue weighted by Crippen LogP contribution is 2.35. The van der Waals surface area contributed by atoms with E-state index in [4.69, 9.17) is 5.73 Å². The zero-order valence-electron chi connectivity index (χ0n) is 12.3. The second-order valence-electron chi connectivity index (χ2n) is 5.82. The molecule has 2 N–H and O–H groups in total. The smallest absolute Gasteiger partial charge is 0.0440 e. The molecule has 1 atom stereocenters. The average Bonchev–Trinajstić information content (AvgIpc) is 2.47. The molecule has 20 heavy (non-hydrogen) atoms. The summed E-state index contributed by atoms with van der Waals surface area (Å²) in [5.74, 6) is 0. The number of aryl methyl sites for hydroxylation is 1. The topological polar surface area (TPSA) is 29.3 Å². The van der Waals surface area contributed by atoms with Crippen LogP contribution in [0.25, 0.3) is 11.1 Å². The van der Waals surface area contributed by atoms with Gasteiger partial charge in [-0.05, 0) is 48.1 Å². The van der Waals surface area contributed by atoms with Crippen LogP contribution >= 0.6 is 0 Å². The fraction of sp³-hybridized carbons (Fsp3) is 0.333. The van der Waals surface area contributed by atoms with E-state index in [9.17, 15) is 0 Å². The summed E-state index contributed by atoms with van der Waals surface area (Å²) in [5, 5.41) is 0. The minimum absolute atomic E-state index is 0.199. The van der Waals surface area contributed by atoms with Crippen LogP contribution in [0.2, 0.25) is 0 Å². The van der Waals surface area contributed by atoms with E-state index >= 15 is 0 Å². The predicted octanol–water partition coefficient (Wildman–Crippen LogP) is 3.76. The molecule has 1 aliphatic carbocycles. The highest BCUT2D eigenvalue weighted by Gasteiger charge is 2.18. The molecule has 0 saturated heterocycles. The lowest BCUT2D eigenvalue weighted by Crippen LogP contribution is -2.17. The van der Waals surface area contributed by atoms with E-state index < -0.39 is 0 Å². The standard InChI is InChI=1S/C18H22N2/c1-20(2)18-9-4-3-7-15(18)14-11-10-13-6-5-8-17(19)16(13)12-14/h3-4,7,9-12,17H,5-6,8,19H2,1-2H3. The molecule has 0 aliphatic heterocycles. The van der Waals surface area contributed by atoms with Gasteiger partial charge in [-0.15, -0.1) is 0 Å². The van der Waals surface area contributed by atoms with Crippen LogP contribution in [-0.4, -0.2) is 14.1 Å². The fourth-order valence-electron chi connectivity index (χ4n) is 3.11. The van der Waals surface area contributed by atoms with Gasteiger partial charge in [-0.25, -0.2) is 0 Å². The highest BCUT2D eigenvalue weighted by molar-refractivity contribution is 5.79. The van der Waals surface area contributed by atoms with Crippen molar-refractivity contribution in [2.45, 2.75) is 25.3 Å². The summed E-state index contributed by atoms with van der Waals surface area (Å²) in [6.07, 6.45) is 3.48. The van der Waals surface area contributed by atoms with Crippen LogP contribution in [0.3, 0.4) is 0 Å². The number of hydrogen-bond acceptors (Lipinski definition) is 2. The van der Waals surface area contributed by atoms with E-state index in [-0.39, 0.29) is 6.04 Å². The summed E-state index contributed by atoms with van der Waals surface area (Å²) >= 11 is 0. The van der Waals surface area contributed by atoms with Crippen molar-refractivity contribution in [3.05, 3.63) is 53.6 Å². The first kappa shape index (κ1) is 13.2. The summed E-state index contributed by atoms with van der Waals surface area (Å²) in [7, 11) is 4.17. The summed E-state index contributed by atoms with van der Waals surface area (Å²) in [5.41, 5.74) is 12.8. The van der Waals surface area contributed by atoms with Gasteiger partial charge in [0.05, 0.1) is 0 Å². The summed E-state index contributed by atoms with van der Waals surface area (Å²) in [6.45, 7) is 0. The molecule has 0 fully saturated rings. The largest absolute Gasteiger partial charge is 0.377 e. The first-order valence-corrected chi connectivity index (χ1v) is 7.32. The second-order valence-corrected chi connectivity index (χ2v) is 5.82. The molecule has 104 valence electrons. The minimum Gasteiger partial charge on any atom is -0.377 e. The number of rotatable bonds is 2. The van der Waals surface area contributed by atoms with Gasteiger partial charge in [0, 0.05) is 31.4 Å². The van der Waals surface area contributed by atoms with Crippen LogP contribution in [0.4, 0.5) is 5.69 Å². The Labute approximate surface area is 121 Å². The number of fused-ring (bicyclic) bond motifs is 1. The molecule has 0 aromatic heterocycles. The molecule has 2 heteroatoms. The Kier molecular flexibility index (Phi) is 3.49. The van der Waals surface area contributed by atoms with Gasteiger partial charge >= 0.3 is 0 Å². The molecule has 0 heterocycles. The minimum atomic E-state index is 0.199. The van der Waals surface area contributed by atoms with Crippen LogP contribution in [-0.2, 0) is 6.42 Å². The van der Waals surface area contributed by atoms with Gasteiger partial charge in [-0.3, -0.25) is 0 Å². The Morgan fingerprint density at radius 1 is 1.10 bits per heavy atom. The second kappa shape index (κ2) is 5.29. The summed E-state index contributed by atoms with van der Waals surface area (Å²) < 4.78 is 0. The van der Waals surface area contributed by atoms with E-state index in [2.05, 4.69) is 61.5 Å². The van der Waals surface area contributed by atoms with E-state index in [1.165, 1.54) is 40.8 Å². The van der Waals surface area contributed by atoms with Crippen LogP contribution in [0.15, 0.2) is 42.5 Å². The number of benzene rings is 2. The third-order valence-electron chi connectivity index (χ3n) is 4.20. The lowest BCUT2D eigenvalue weighted by Gasteiger charge is -2.24. The average molecular weight is 266 g/mol. The first-order chi connectivity index (χ1) is 9.66. The third-order valence-corrected chi connectivity index (χ3v) is 4.20. The van der Waals surface area contributed by atoms with Crippen LogP contribution in [0, 0.1) is 0 Å². The van der Waals surface area contributed by atoms with Crippen molar-refractivity contribution in [3.8, 4) is 11.1 Å². The van der Waals surface area contributed by atoms with Crippen LogP contribution in [0.1, 0.15) is 30.0 Å². The molecule has 0 saturated carbocycles. The van der Waals surface area contributed by atoms with Crippen LogP contribution < -0.4 is 10.6 Å². The van der Waals surface area contributed by atoms with Crippen molar-refractivity contribution in [3.63, 3.8) is 0 Å². The van der Waals surface area contributed by atoms with Crippen molar-refractivity contribution >= 4 is 5.69 Å². The van der Waals surface area contributed by atoms with Gasteiger partial charge in [0.2, 0.25) is 0 Å². The number of hydrogen-bond donors (Lipinski definition) is 1. The Morgan fingerprint density at radius 3 is 2.70 bits per heavy atom. The Balaban J connectivity index is 2.10. The number of para-hydroxylation sites is 1. The highest BCUT2D eigenvalue weighted by atomic mass is 15.1. The Morgan fingerprint density at radius 2 is 1.90 bits per heavy atom. The van der Waals surface area contributed by atoms with Gasteiger partial charge in [0.15, 0.2) is 0 Å². The van der Waals surface area contributed by atoms with Gasteiger partial charge in [0.25, 0.3) is 0 Å². The van der Waals surface area contributed by atoms with Crippen molar-refractivity contribution in [1.29, 1.82) is 0 Å². The maximum Gasteiger partial charge on any atom is 0.0440 e. The molecule has 0 amide bonds. The van der Waals surface area contributed by atoms with Crippen molar-refractivity contribution < 1.29 is 0 Å². The molecule has 1 aliphatic rings. The normalized spacial score (nSPS) is 17.6. The molecule has 0 spiro atoms. The molecule has 2 aromatic rings. The summed E-state index contributed by atoms with van der Waals surface area (Å²) in [6, 6.07) is 15.5. The maximum absolute atomic E-state index is 6.28. The Hall–Kier alpha value is -1.80. The van der Waals surface area contributed by atoms with Crippen molar-refractivity contribution in [1.82, 2.24) is 0 Å². The quantitative estimate of drug-likeness (QED) is 0.897. The van der Waals surface area contributed by atoms with Crippen LogP contribution in [0.5, 0.6) is 0 Å². The molecule has 1 unspecified atom stereocenters. The zero-order chi connectivity index (χ0) is 14.1. The SMILES string of the molecule is CN(C)c1ccccc1-c1ccc2c(c1)C(N)CCC2. The monoisotopic (exact) mass is 266 g/mol. The summed E-state index contributed by atoms with van der Waals surface area (Å²) in [4.78, 5) is 2.16. The lowest BCUT2D eigenvalue weighted by atomic mass is 9.86. The molecular formula is C18H22N2. The van der Waals surface area contributed by atoms with Gasteiger partial charge in [-0.2, -0.15) is 0 Å². The third kappa shape index (κ3) is 2.32. The van der Waals surface area contributed by atoms with E-state index in [0.717, 1.165) is 6.42 Å². The fourth-order valence-corrected chi connectivity index (χ4v) is 3.11. The molecular weight excluding hydrogens is 244 g/mol. The van der Waals surface area contributed by atoms with Gasteiger partial charge in [0.1, 0.15) is 0 Å².